The maximum atomic E-state index is 12.9. The molecule has 0 aliphatic carbocycles. The van der Waals surface area contributed by atoms with Gasteiger partial charge >= 0.3 is 0 Å². The standard InChI is InChI=1S/C26H27ClN6O2/c1-2-9-32-10-12-33(13-11-32)25(35)17-3-6-20(7-4-17)29-26-28-16-18-14-23(34)30-22-15-19(27)5-8-21(22)24(18)31-26/h3-8,15-16H,2,9-14H2,1H3,(H,30,34)(H,28,29,31). The number of rotatable bonds is 5. The van der Waals surface area contributed by atoms with Gasteiger partial charge in [0.2, 0.25) is 11.9 Å². The van der Waals surface area contributed by atoms with Crippen LogP contribution >= 0.6 is 11.6 Å². The van der Waals surface area contributed by atoms with Crippen molar-refractivity contribution in [3.8, 4) is 11.3 Å². The summed E-state index contributed by atoms with van der Waals surface area (Å²) < 4.78 is 0. The molecule has 35 heavy (non-hydrogen) atoms. The minimum Gasteiger partial charge on any atom is -0.336 e. The Morgan fingerprint density at radius 2 is 1.89 bits per heavy atom. The number of hydrogen-bond acceptors (Lipinski definition) is 6. The number of carbonyl (C=O) groups excluding carboxylic acids is 2. The van der Waals surface area contributed by atoms with E-state index in [1.165, 1.54) is 0 Å². The van der Waals surface area contributed by atoms with Crippen molar-refractivity contribution >= 4 is 40.7 Å². The monoisotopic (exact) mass is 490 g/mol. The zero-order valence-corrected chi connectivity index (χ0v) is 20.3. The number of amides is 2. The highest BCUT2D eigenvalue weighted by Crippen LogP contribution is 2.34. The largest absolute Gasteiger partial charge is 0.336 e. The zero-order chi connectivity index (χ0) is 24.4. The Morgan fingerprint density at radius 1 is 1.11 bits per heavy atom. The summed E-state index contributed by atoms with van der Waals surface area (Å²) in [4.78, 5) is 38.6. The van der Waals surface area contributed by atoms with Gasteiger partial charge in [-0.2, -0.15) is 0 Å². The summed E-state index contributed by atoms with van der Waals surface area (Å²) >= 11 is 6.12. The summed E-state index contributed by atoms with van der Waals surface area (Å²) in [6, 6.07) is 12.7. The summed E-state index contributed by atoms with van der Waals surface area (Å²) in [6.45, 7) is 6.62. The second kappa shape index (κ2) is 10.0. The number of halogens is 1. The number of piperazine rings is 1. The molecule has 0 bridgehead atoms. The van der Waals surface area contributed by atoms with Crippen molar-refractivity contribution in [2.45, 2.75) is 19.8 Å². The van der Waals surface area contributed by atoms with Crippen LogP contribution in [0.1, 0.15) is 29.3 Å². The fourth-order valence-electron chi connectivity index (χ4n) is 4.52. The Morgan fingerprint density at radius 3 is 2.63 bits per heavy atom. The average molecular weight is 491 g/mol. The van der Waals surface area contributed by atoms with Gasteiger partial charge in [0, 0.05) is 59.8 Å². The maximum absolute atomic E-state index is 12.9. The lowest BCUT2D eigenvalue weighted by Gasteiger charge is -2.34. The van der Waals surface area contributed by atoms with E-state index >= 15 is 0 Å². The predicted octanol–water partition coefficient (Wildman–Crippen LogP) is 4.20. The summed E-state index contributed by atoms with van der Waals surface area (Å²) in [5.41, 5.74) is 4.28. The number of carbonyl (C=O) groups is 2. The van der Waals surface area contributed by atoms with Gasteiger partial charge in [0.05, 0.1) is 17.8 Å². The van der Waals surface area contributed by atoms with E-state index in [-0.39, 0.29) is 18.2 Å². The van der Waals surface area contributed by atoms with E-state index in [9.17, 15) is 9.59 Å². The van der Waals surface area contributed by atoms with Crippen LogP contribution in [0.25, 0.3) is 11.3 Å². The van der Waals surface area contributed by atoms with E-state index in [1.807, 2.05) is 35.2 Å². The molecule has 1 fully saturated rings. The fraction of sp³-hybridized carbons (Fsp3) is 0.308. The van der Waals surface area contributed by atoms with E-state index in [4.69, 9.17) is 11.6 Å². The highest BCUT2D eigenvalue weighted by molar-refractivity contribution is 6.31. The number of nitrogens with one attached hydrogen (secondary N) is 2. The van der Waals surface area contributed by atoms with Gasteiger partial charge in [-0.25, -0.2) is 9.97 Å². The molecule has 2 amide bonds. The smallest absolute Gasteiger partial charge is 0.253 e. The van der Waals surface area contributed by atoms with Crippen LogP contribution in [0.4, 0.5) is 17.3 Å². The second-order valence-electron chi connectivity index (χ2n) is 8.82. The minimum absolute atomic E-state index is 0.0569. The molecule has 0 atom stereocenters. The average Bonchev–Trinajstić information content (AvgIpc) is 2.99. The molecule has 1 saturated heterocycles. The summed E-state index contributed by atoms with van der Waals surface area (Å²) in [5, 5.41) is 6.63. The molecule has 180 valence electrons. The van der Waals surface area contributed by atoms with Crippen molar-refractivity contribution in [3.63, 3.8) is 0 Å². The van der Waals surface area contributed by atoms with Gasteiger partial charge in [-0.1, -0.05) is 18.5 Å². The third-order valence-electron chi connectivity index (χ3n) is 6.31. The van der Waals surface area contributed by atoms with Gasteiger partial charge in [-0.3, -0.25) is 14.5 Å². The quantitative estimate of drug-likeness (QED) is 0.557. The normalized spacial score (nSPS) is 15.6. The third-order valence-corrected chi connectivity index (χ3v) is 6.55. The molecule has 2 aromatic carbocycles. The van der Waals surface area contributed by atoms with Gasteiger partial charge in [0.15, 0.2) is 0 Å². The number of aromatic nitrogens is 2. The van der Waals surface area contributed by atoms with E-state index in [0.29, 0.717) is 27.9 Å². The van der Waals surface area contributed by atoms with Gasteiger partial charge in [0.25, 0.3) is 5.91 Å². The third kappa shape index (κ3) is 5.13. The molecule has 5 rings (SSSR count). The van der Waals surface area contributed by atoms with Gasteiger partial charge in [-0.15, -0.1) is 0 Å². The molecule has 9 heteroatoms. The van der Waals surface area contributed by atoms with Crippen LogP contribution in [0.2, 0.25) is 5.02 Å². The van der Waals surface area contributed by atoms with Crippen molar-refractivity contribution in [3.05, 3.63) is 64.8 Å². The second-order valence-corrected chi connectivity index (χ2v) is 9.25. The van der Waals surface area contributed by atoms with E-state index < -0.39 is 0 Å². The van der Waals surface area contributed by atoms with Crippen molar-refractivity contribution in [2.75, 3.05) is 43.4 Å². The lowest BCUT2D eigenvalue weighted by Crippen LogP contribution is -2.48. The van der Waals surface area contributed by atoms with E-state index in [0.717, 1.165) is 56.0 Å². The molecular formula is C26H27ClN6O2. The first-order chi connectivity index (χ1) is 17.0. The van der Waals surface area contributed by atoms with Crippen molar-refractivity contribution < 1.29 is 9.59 Å². The van der Waals surface area contributed by atoms with E-state index in [2.05, 4.69) is 32.4 Å². The van der Waals surface area contributed by atoms with Crippen molar-refractivity contribution in [2.24, 2.45) is 0 Å². The predicted molar refractivity (Wildman–Crippen MR) is 137 cm³/mol. The Labute approximate surface area is 209 Å². The highest BCUT2D eigenvalue weighted by Gasteiger charge is 2.23. The fourth-order valence-corrected chi connectivity index (χ4v) is 4.69. The molecule has 3 aromatic rings. The number of benzene rings is 2. The molecule has 1 aromatic heterocycles. The van der Waals surface area contributed by atoms with Gasteiger partial charge in [0.1, 0.15) is 0 Å². The number of fused-ring (bicyclic) bond motifs is 3. The number of hydrogen-bond donors (Lipinski definition) is 2. The first kappa shape index (κ1) is 23.3. The Kier molecular flexibility index (Phi) is 6.66. The SMILES string of the molecule is CCCN1CCN(C(=O)c2ccc(Nc3ncc4c(n3)-c3ccc(Cl)cc3NC(=O)C4)cc2)CC1. The molecule has 0 saturated carbocycles. The topological polar surface area (TPSA) is 90.5 Å². The van der Waals surface area contributed by atoms with Crippen molar-refractivity contribution in [1.82, 2.24) is 19.8 Å². The van der Waals surface area contributed by atoms with Crippen LogP contribution in [-0.4, -0.2) is 64.3 Å². The molecule has 2 aliphatic heterocycles. The lowest BCUT2D eigenvalue weighted by molar-refractivity contribution is -0.115. The first-order valence-corrected chi connectivity index (χ1v) is 12.2. The van der Waals surface area contributed by atoms with Gasteiger partial charge < -0.3 is 15.5 Å². The molecule has 0 spiro atoms. The molecular weight excluding hydrogens is 464 g/mol. The molecule has 8 nitrogen and oxygen atoms in total. The lowest BCUT2D eigenvalue weighted by atomic mass is 10.1. The van der Waals surface area contributed by atoms with Gasteiger partial charge in [-0.05, 0) is 55.4 Å². The van der Waals surface area contributed by atoms with E-state index in [1.54, 1.807) is 18.3 Å². The molecule has 3 heterocycles. The van der Waals surface area contributed by atoms with Crippen LogP contribution in [0, 0.1) is 0 Å². The van der Waals surface area contributed by atoms with Crippen LogP contribution < -0.4 is 10.6 Å². The first-order valence-electron chi connectivity index (χ1n) is 11.8. The summed E-state index contributed by atoms with van der Waals surface area (Å²) in [7, 11) is 0. The van der Waals surface area contributed by atoms with Crippen LogP contribution in [-0.2, 0) is 11.2 Å². The number of nitrogens with zero attached hydrogens (tertiary/aromatic N) is 4. The molecule has 0 radical (unpaired) electrons. The minimum atomic E-state index is -0.136. The molecule has 0 unspecified atom stereocenters. The van der Waals surface area contributed by atoms with Crippen molar-refractivity contribution in [1.29, 1.82) is 0 Å². The summed E-state index contributed by atoms with van der Waals surface area (Å²) in [5.74, 6) is 0.329. The molecule has 2 aliphatic rings. The Balaban J connectivity index is 1.31. The number of anilines is 3. The molecule has 2 N–H and O–H groups in total. The van der Waals surface area contributed by atoms with Crippen LogP contribution in [0.15, 0.2) is 48.7 Å². The zero-order valence-electron chi connectivity index (χ0n) is 19.6. The Hall–Kier alpha value is -3.49. The Bertz CT molecular complexity index is 1260. The summed E-state index contributed by atoms with van der Waals surface area (Å²) in [6.07, 6.45) is 2.99. The maximum Gasteiger partial charge on any atom is 0.253 e. The van der Waals surface area contributed by atoms with Crippen LogP contribution in [0.3, 0.4) is 0 Å². The highest BCUT2D eigenvalue weighted by atomic mass is 35.5. The van der Waals surface area contributed by atoms with Crippen LogP contribution in [0.5, 0.6) is 0 Å².